The molecule has 1 amide bonds. The average molecular weight is 416 g/mol. The Morgan fingerprint density at radius 1 is 1.03 bits per heavy atom. The van der Waals surface area contributed by atoms with Crippen molar-refractivity contribution in [1.82, 2.24) is 0 Å². The topological polar surface area (TPSA) is 112 Å². The molecule has 0 saturated carbocycles. The first-order valence-corrected chi connectivity index (χ1v) is 9.23. The molecule has 0 saturated heterocycles. The molecular formula is C23H16N2O6. The standard InChI is InChI=1S/C23H16N2O6/c1-30-17-9-10-19(20(13-17)25(28)29)24-22(26)16-7-4-6-14(11-16)18-12-15-5-2-3-8-21(15)31-23(18)27/h2-13H,1H3,(H,24,26). The molecule has 0 aliphatic rings. The molecule has 154 valence electrons. The lowest BCUT2D eigenvalue weighted by Crippen LogP contribution is -2.13. The number of methoxy groups -OCH3 is 1. The van der Waals surface area contributed by atoms with Gasteiger partial charge in [-0.05, 0) is 42.0 Å². The number of para-hydroxylation sites is 1. The fraction of sp³-hybridized carbons (Fsp3) is 0.0435. The summed E-state index contributed by atoms with van der Waals surface area (Å²) in [6.45, 7) is 0. The van der Waals surface area contributed by atoms with Gasteiger partial charge in [0.25, 0.3) is 11.6 Å². The van der Waals surface area contributed by atoms with Gasteiger partial charge in [0.1, 0.15) is 17.0 Å². The summed E-state index contributed by atoms with van der Waals surface area (Å²) >= 11 is 0. The number of hydrogen-bond acceptors (Lipinski definition) is 6. The van der Waals surface area contributed by atoms with Gasteiger partial charge in [0.2, 0.25) is 0 Å². The molecule has 8 heteroatoms. The summed E-state index contributed by atoms with van der Waals surface area (Å²) < 4.78 is 10.4. The van der Waals surface area contributed by atoms with E-state index < -0.39 is 16.5 Å². The molecule has 3 aromatic carbocycles. The molecular weight excluding hydrogens is 400 g/mol. The lowest BCUT2D eigenvalue weighted by molar-refractivity contribution is -0.384. The maximum atomic E-state index is 12.8. The zero-order valence-corrected chi connectivity index (χ0v) is 16.3. The van der Waals surface area contributed by atoms with Crippen molar-refractivity contribution < 1.29 is 18.9 Å². The average Bonchev–Trinajstić information content (AvgIpc) is 2.78. The van der Waals surface area contributed by atoms with Crippen molar-refractivity contribution in [2.75, 3.05) is 12.4 Å². The maximum Gasteiger partial charge on any atom is 0.344 e. The first kappa shape index (κ1) is 19.8. The molecule has 0 aliphatic carbocycles. The first-order chi connectivity index (χ1) is 15.0. The van der Waals surface area contributed by atoms with Crippen LogP contribution in [0.2, 0.25) is 0 Å². The Kier molecular flexibility index (Phi) is 5.19. The summed E-state index contributed by atoms with van der Waals surface area (Å²) in [6, 6.07) is 19.4. The number of fused-ring (bicyclic) bond motifs is 1. The minimum absolute atomic E-state index is 0.0337. The SMILES string of the molecule is COc1ccc(NC(=O)c2cccc(-c3cc4ccccc4oc3=O)c2)c([N+](=O)[O-])c1. The van der Waals surface area contributed by atoms with Gasteiger partial charge in [0, 0.05) is 10.9 Å². The van der Waals surface area contributed by atoms with E-state index in [-0.39, 0.29) is 16.9 Å². The summed E-state index contributed by atoms with van der Waals surface area (Å²) in [5, 5.41) is 14.6. The first-order valence-electron chi connectivity index (χ1n) is 9.23. The maximum absolute atomic E-state index is 12.8. The van der Waals surface area contributed by atoms with Crippen LogP contribution in [0.4, 0.5) is 11.4 Å². The Morgan fingerprint density at radius 2 is 1.84 bits per heavy atom. The molecule has 0 atom stereocenters. The third-order valence-electron chi connectivity index (χ3n) is 4.73. The van der Waals surface area contributed by atoms with Gasteiger partial charge in [0.05, 0.1) is 23.7 Å². The number of carbonyl (C=O) groups excluding carboxylic acids is 1. The second-order valence-electron chi connectivity index (χ2n) is 6.66. The van der Waals surface area contributed by atoms with Crippen LogP contribution in [-0.4, -0.2) is 17.9 Å². The minimum Gasteiger partial charge on any atom is -0.496 e. The van der Waals surface area contributed by atoms with Crippen LogP contribution in [0.15, 0.2) is 82.0 Å². The highest BCUT2D eigenvalue weighted by atomic mass is 16.6. The molecule has 0 fully saturated rings. The lowest BCUT2D eigenvalue weighted by Gasteiger charge is -2.09. The highest BCUT2D eigenvalue weighted by Crippen LogP contribution is 2.29. The number of hydrogen-bond donors (Lipinski definition) is 1. The van der Waals surface area contributed by atoms with Crippen LogP contribution < -0.4 is 15.7 Å². The highest BCUT2D eigenvalue weighted by molar-refractivity contribution is 6.06. The van der Waals surface area contributed by atoms with Crippen molar-refractivity contribution in [3.05, 3.63) is 98.9 Å². The fourth-order valence-corrected chi connectivity index (χ4v) is 3.18. The van der Waals surface area contributed by atoms with Crippen LogP contribution >= 0.6 is 0 Å². The Balaban J connectivity index is 1.68. The number of ether oxygens (including phenoxy) is 1. The second kappa shape index (κ2) is 8.11. The van der Waals surface area contributed by atoms with E-state index in [4.69, 9.17) is 9.15 Å². The summed E-state index contributed by atoms with van der Waals surface area (Å²) in [6.07, 6.45) is 0. The summed E-state index contributed by atoms with van der Waals surface area (Å²) in [5.41, 5.74) is 0.722. The zero-order chi connectivity index (χ0) is 22.0. The van der Waals surface area contributed by atoms with Crippen LogP contribution in [-0.2, 0) is 0 Å². The molecule has 31 heavy (non-hydrogen) atoms. The number of nitro groups is 1. The number of anilines is 1. The zero-order valence-electron chi connectivity index (χ0n) is 16.3. The Bertz CT molecular complexity index is 1380. The molecule has 0 bridgehead atoms. The number of carbonyl (C=O) groups is 1. The Hall–Kier alpha value is -4.46. The van der Waals surface area contributed by atoms with Crippen molar-refractivity contribution in [1.29, 1.82) is 0 Å². The fourth-order valence-electron chi connectivity index (χ4n) is 3.18. The second-order valence-corrected chi connectivity index (χ2v) is 6.66. The molecule has 4 aromatic rings. The van der Waals surface area contributed by atoms with Crippen molar-refractivity contribution in [3.63, 3.8) is 0 Å². The minimum atomic E-state index is -0.602. The van der Waals surface area contributed by atoms with Gasteiger partial charge in [-0.3, -0.25) is 14.9 Å². The van der Waals surface area contributed by atoms with Crippen LogP contribution in [0.25, 0.3) is 22.1 Å². The van der Waals surface area contributed by atoms with Gasteiger partial charge >= 0.3 is 5.63 Å². The van der Waals surface area contributed by atoms with Crippen molar-refractivity contribution in [3.8, 4) is 16.9 Å². The molecule has 1 N–H and O–H groups in total. The molecule has 0 spiro atoms. The van der Waals surface area contributed by atoms with Gasteiger partial charge in [-0.2, -0.15) is 0 Å². The van der Waals surface area contributed by atoms with Gasteiger partial charge in [0.15, 0.2) is 0 Å². The molecule has 8 nitrogen and oxygen atoms in total. The van der Waals surface area contributed by atoms with Crippen molar-refractivity contribution in [2.45, 2.75) is 0 Å². The summed E-state index contributed by atoms with van der Waals surface area (Å²) in [5.74, 6) is -0.255. The highest BCUT2D eigenvalue weighted by Gasteiger charge is 2.18. The Morgan fingerprint density at radius 3 is 2.61 bits per heavy atom. The van der Waals surface area contributed by atoms with E-state index in [1.807, 2.05) is 12.1 Å². The predicted molar refractivity (Wildman–Crippen MR) is 116 cm³/mol. The van der Waals surface area contributed by atoms with Crippen LogP contribution in [0.1, 0.15) is 10.4 Å². The summed E-state index contributed by atoms with van der Waals surface area (Å²) in [4.78, 5) is 35.9. The van der Waals surface area contributed by atoms with Crippen LogP contribution in [0.3, 0.4) is 0 Å². The normalized spacial score (nSPS) is 10.6. The lowest BCUT2D eigenvalue weighted by atomic mass is 10.0. The van der Waals surface area contributed by atoms with E-state index in [0.29, 0.717) is 22.5 Å². The van der Waals surface area contributed by atoms with Gasteiger partial charge in [-0.15, -0.1) is 0 Å². The number of amides is 1. The van der Waals surface area contributed by atoms with E-state index in [1.54, 1.807) is 36.4 Å². The Labute approximate surface area is 175 Å². The number of nitrogens with zero attached hydrogens (tertiary/aromatic N) is 1. The third kappa shape index (κ3) is 3.99. The number of rotatable bonds is 5. The van der Waals surface area contributed by atoms with Gasteiger partial charge < -0.3 is 14.5 Å². The molecule has 0 unspecified atom stereocenters. The van der Waals surface area contributed by atoms with Crippen molar-refractivity contribution >= 4 is 28.3 Å². The van der Waals surface area contributed by atoms with Crippen LogP contribution in [0, 0.1) is 10.1 Å². The monoisotopic (exact) mass is 416 g/mol. The number of nitro benzene ring substituents is 1. The van der Waals surface area contributed by atoms with E-state index >= 15 is 0 Å². The van der Waals surface area contributed by atoms with Crippen molar-refractivity contribution in [2.24, 2.45) is 0 Å². The molecule has 1 heterocycles. The predicted octanol–water partition coefficient (Wildman–Crippen LogP) is 4.63. The smallest absolute Gasteiger partial charge is 0.344 e. The van der Waals surface area contributed by atoms with E-state index in [1.165, 1.54) is 31.4 Å². The largest absolute Gasteiger partial charge is 0.496 e. The number of nitrogens with one attached hydrogen (secondary N) is 1. The molecule has 4 rings (SSSR count). The number of benzene rings is 3. The molecule has 1 aromatic heterocycles. The van der Waals surface area contributed by atoms with E-state index in [2.05, 4.69) is 5.32 Å². The third-order valence-corrected chi connectivity index (χ3v) is 4.73. The van der Waals surface area contributed by atoms with Gasteiger partial charge in [-0.25, -0.2) is 4.79 Å². The quantitative estimate of drug-likeness (QED) is 0.288. The molecule has 0 aliphatic heterocycles. The van der Waals surface area contributed by atoms with E-state index in [0.717, 1.165) is 5.39 Å². The summed E-state index contributed by atoms with van der Waals surface area (Å²) in [7, 11) is 1.39. The van der Waals surface area contributed by atoms with Gasteiger partial charge in [-0.1, -0.05) is 30.3 Å². The van der Waals surface area contributed by atoms with E-state index in [9.17, 15) is 19.7 Å². The van der Waals surface area contributed by atoms with Crippen LogP contribution in [0.5, 0.6) is 5.75 Å². The molecule has 0 radical (unpaired) electrons.